The minimum atomic E-state index is -0.00969. The number of hydrogen-bond donors (Lipinski definition) is 1. The Labute approximate surface area is 146 Å². The van der Waals surface area contributed by atoms with Crippen LogP contribution in [0.3, 0.4) is 0 Å². The Morgan fingerprint density at radius 2 is 2.50 bits per heavy atom. The minimum absolute atomic E-state index is 0.00969. The van der Waals surface area contributed by atoms with Gasteiger partial charge in [0.2, 0.25) is 0 Å². The molecule has 0 bridgehead atoms. The molecule has 1 saturated heterocycles. The third-order valence-electron chi connectivity index (χ3n) is 4.09. The average Bonchev–Trinajstić information content (AvgIpc) is 3.33. The van der Waals surface area contributed by atoms with Gasteiger partial charge in [0.25, 0.3) is 0 Å². The summed E-state index contributed by atoms with van der Waals surface area (Å²) in [5.74, 6) is 0. The van der Waals surface area contributed by atoms with Crippen LogP contribution < -0.4 is 5.32 Å². The van der Waals surface area contributed by atoms with Crippen LogP contribution in [-0.2, 0) is 17.8 Å². The maximum atomic E-state index is 12.6. The lowest BCUT2D eigenvalue weighted by molar-refractivity contribution is 0.0797. The highest BCUT2D eigenvalue weighted by Gasteiger charge is 2.22. The fourth-order valence-corrected chi connectivity index (χ4v) is 3.55. The first kappa shape index (κ1) is 17.0. The molecular formula is C17H24N4O2S. The fourth-order valence-electron chi connectivity index (χ4n) is 2.83. The van der Waals surface area contributed by atoms with Crippen LogP contribution in [0.2, 0.25) is 0 Å². The molecule has 0 spiro atoms. The Balaban J connectivity index is 1.47. The highest BCUT2D eigenvalue weighted by molar-refractivity contribution is 7.09. The summed E-state index contributed by atoms with van der Waals surface area (Å²) in [6.45, 7) is 3.63. The van der Waals surface area contributed by atoms with E-state index in [0.29, 0.717) is 19.6 Å². The number of hydrogen-bond acceptors (Lipinski definition) is 4. The normalized spacial score (nSPS) is 17.1. The van der Waals surface area contributed by atoms with Crippen molar-refractivity contribution >= 4 is 17.4 Å². The average molecular weight is 348 g/mol. The van der Waals surface area contributed by atoms with Gasteiger partial charge in [-0.1, -0.05) is 6.07 Å². The van der Waals surface area contributed by atoms with Crippen LogP contribution in [0.25, 0.3) is 0 Å². The van der Waals surface area contributed by atoms with Crippen molar-refractivity contribution in [1.82, 2.24) is 19.8 Å². The maximum Gasteiger partial charge on any atom is 0.317 e. The number of amides is 2. The molecule has 0 saturated carbocycles. The van der Waals surface area contributed by atoms with E-state index in [1.54, 1.807) is 23.9 Å². The van der Waals surface area contributed by atoms with Crippen LogP contribution in [0.15, 0.2) is 36.2 Å². The van der Waals surface area contributed by atoms with Gasteiger partial charge in [-0.3, -0.25) is 0 Å². The van der Waals surface area contributed by atoms with E-state index in [0.717, 1.165) is 32.4 Å². The van der Waals surface area contributed by atoms with E-state index < -0.39 is 0 Å². The van der Waals surface area contributed by atoms with Gasteiger partial charge in [0, 0.05) is 43.5 Å². The largest absolute Gasteiger partial charge is 0.376 e. The van der Waals surface area contributed by atoms with Crippen molar-refractivity contribution in [2.45, 2.75) is 38.5 Å². The summed E-state index contributed by atoms with van der Waals surface area (Å²) in [6, 6.07) is 4.08. The molecule has 0 radical (unpaired) electrons. The molecule has 2 aromatic heterocycles. The zero-order chi connectivity index (χ0) is 16.6. The molecule has 0 unspecified atom stereocenters. The number of thiophene rings is 1. The molecule has 1 atom stereocenters. The monoisotopic (exact) mass is 348 g/mol. The lowest BCUT2D eigenvalue weighted by atomic mass is 10.2. The molecule has 24 heavy (non-hydrogen) atoms. The summed E-state index contributed by atoms with van der Waals surface area (Å²) < 4.78 is 7.71. The molecule has 3 heterocycles. The number of nitrogens with zero attached hydrogens (tertiary/aromatic N) is 3. The molecule has 130 valence electrons. The zero-order valence-corrected chi connectivity index (χ0v) is 14.6. The second kappa shape index (κ2) is 8.84. The van der Waals surface area contributed by atoms with Crippen molar-refractivity contribution < 1.29 is 9.53 Å². The van der Waals surface area contributed by atoms with Gasteiger partial charge in [-0.15, -0.1) is 11.3 Å². The summed E-state index contributed by atoms with van der Waals surface area (Å²) in [5, 5.41) is 5.08. The van der Waals surface area contributed by atoms with Gasteiger partial charge in [0.15, 0.2) is 0 Å². The SMILES string of the molecule is O=C(NCCCn1ccnc1)N(Cc1cccs1)C[C@H]1CCCO1. The van der Waals surface area contributed by atoms with Gasteiger partial charge in [-0.25, -0.2) is 9.78 Å². The van der Waals surface area contributed by atoms with Gasteiger partial charge >= 0.3 is 6.03 Å². The number of ether oxygens (including phenoxy) is 1. The smallest absolute Gasteiger partial charge is 0.317 e. The predicted octanol–water partition coefficient (Wildman–Crippen LogP) is 2.73. The van der Waals surface area contributed by atoms with Gasteiger partial charge < -0.3 is 19.5 Å². The van der Waals surface area contributed by atoms with Gasteiger partial charge in [-0.05, 0) is 30.7 Å². The molecule has 1 fully saturated rings. The summed E-state index contributed by atoms with van der Waals surface area (Å²) >= 11 is 1.68. The second-order valence-electron chi connectivity index (χ2n) is 5.98. The van der Waals surface area contributed by atoms with Crippen LogP contribution >= 0.6 is 11.3 Å². The number of carbonyl (C=O) groups is 1. The molecule has 2 aromatic rings. The van der Waals surface area contributed by atoms with Gasteiger partial charge in [-0.2, -0.15) is 0 Å². The van der Waals surface area contributed by atoms with Gasteiger partial charge in [0.1, 0.15) is 0 Å². The molecular weight excluding hydrogens is 324 g/mol. The molecule has 1 aliphatic heterocycles. The number of nitrogens with one attached hydrogen (secondary N) is 1. The molecule has 3 rings (SSSR count). The van der Waals surface area contributed by atoms with Crippen LogP contribution in [0.4, 0.5) is 4.79 Å². The molecule has 6 nitrogen and oxygen atoms in total. The molecule has 7 heteroatoms. The predicted molar refractivity (Wildman–Crippen MR) is 93.9 cm³/mol. The summed E-state index contributed by atoms with van der Waals surface area (Å²) in [5.41, 5.74) is 0. The topological polar surface area (TPSA) is 59.4 Å². The van der Waals surface area contributed by atoms with E-state index in [2.05, 4.69) is 16.4 Å². The third kappa shape index (κ3) is 5.07. The van der Waals surface area contributed by atoms with Crippen molar-refractivity contribution in [1.29, 1.82) is 0 Å². The third-order valence-corrected chi connectivity index (χ3v) is 4.95. The molecule has 0 aromatic carbocycles. The summed E-state index contributed by atoms with van der Waals surface area (Å²) in [7, 11) is 0. The van der Waals surface area contributed by atoms with Crippen molar-refractivity contribution in [2.24, 2.45) is 0 Å². The van der Waals surface area contributed by atoms with Crippen LogP contribution in [0, 0.1) is 0 Å². The molecule has 1 N–H and O–H groups in total. The number of aryl methyl sites for hydroxylation is 1. The van der Waals surface area contributed by atoms with E-state index in [-0.39, 0.29) is 12.1 Å². The Kier molecular flexibility index (Phi) is 6.26. The first-order chi connectivity index (χ1) is 11.8. The van der Waals surface area contributed by atoms with Crippen molar-refractivity contribution in [3.8, 4) is 0 Å². The van der Waals surface area contributed by atoms with E-state index in [9.17, 15) is 4.79 Å². The lowest BCUT2D eigenvalue weighted by Gasteiger charge is -2.25. The summed E-state index contributed by atoms with van der Waals surface area (Å²) in [6.07, 6.45) is 8.67. The Hall–Kier alpha value is -1.86. The van der Waals surface area contributed by atoms with Crippen molar-refractivity contribution in [2.75, 3.05) is 19.7 Å². The number of aromatic nitrogens is 2. The first-order valence-corrected chi connectivity index (χ1v) is 9.32. The van der Waals surface area contributed by atoms with Crippen molar-refractivity contribution in [3.05, 3.63) is 41.1 Å². The lowest BCUT2D eigenvalue weighted by Crippen LogP contribution is -2.43. The second-order valence-corrected chi connectivity index (χ2v) is 7.01. The number of urea groups is 1. The first-order valence-electron chi connectivity index (χ1n) is 8.44. The Morgan fingerprint density at radius 1 is 1.54 bits per heavy atom. The molecule has 2 amide bonds. The van der Waals surface area contributed by atoms with Gasteiger partial charge in [0.05, 0.1) is 19.0 Å². The molecule has 1 aliphatic rings. The quantitative estimate of drug-likeness (QED) is 0.746. The Bertz CT molecular complexity index is 594. The van der Waals surface area contributed by atoms with E-state index in [4.69, 9.17) is 4.74 Å². The minimum Gasteiger partial charge on any atom is -0.376 e. The van der Waals surface area contributed by atoms with Crippen molar-refractivity contribution in [3.63, 3.8) is 0 Å². The van der Waals surface area contributed by atoms with E-state index >= 15 is 0 Å². The van der Waals surface area contributed by atoms with E-state index in [1.165, 1.54) is 4.88 Å². The Morgan fingerprint density at radius 3 is 3.21 bits per heavy atom. The zero-order valence-electron chi connectivity index (χ0n) is 13.8. The number of carbonyl (C=O) groups excluding carboxylic acids is 1. The highest BCUT2D eigenvalue weighted by atomic mass is 32.1. The fraction of sp³-hybridized carbons (Fsp3) is 0.529. The summed E-state index contributed by atoms with van der Waals surface area (Å²) in [4.78, 5) is 19.7. The van der Waals surface area contributed by atoms with Crippen LogP contribution in [-0.4, -0.2) is 46.3 Å². The van der Waals surface area contributed by atoms with E-state index in [1.807, 2.05) is 27.1 Å². The highest BCUT2D eigenvalue weighted by Crippen LogP contribution is 2.17. The maximum absolute atomic E-state index is 12.6. The van der Waals surface area contributed by atoms with Crippen LogP contribution in [0.5, 0.6) is 0 Å². The number of rotatable bonds is 8. The van der Waals surface area contributed by atoms with Crippen LogP contribution in [0.1, 0.15) is 24.1 Å². The number of imidazole rings is 1. The standard InChI is InChI=1S/C17H24N4O2S/c22-17(19-6-3-8-20-9-7-18-14-20)21(12-15-4-1-10-23-15)13-16-5-2-11-24-16/h2,5,7,9,11,14-15H,1,3-4,6,8,10,12-13H2,(H,19,22)/t15-/m1/s1. The molecule has 0 aliphatic carbocycles.